The minimum absolute atomic E-state index is 0.431. The molecular weight excluding hydrogens is 173 g/mol. The molecule has 0 saturated heterocycles. The Morgan fingerprint density at radius 3 is 2.23 bits per heavy atom. The Labute approximate surface area is 75.6 Å². The highest BCUT2D eigenvalue weighted by Gasteiger charge is 2.18. The predicted molar refractivity (Wildman–Crippen MR) is 46.9 cm³/mol. The third-order valence-corrected chi connectivity index (χ3v) is 1.79. The topological polar surface area (TPSA) is 66.5 Å². The Morgan fingerprint density at radius 2 is 1.85 bits per heavy atom. The number of phenols is 2. The summed E-state index contributed by atoms with van der Waals surface area (Å²) in [6, 6.07) is 2.35. The Hall–Kier alpha value is -1.29. The first kappa shape index (κ1) is 9.80. The molecule has 0 aliphatic rings. The fourth-order valence-electron chi connectivity index (χ4n) is 0.957. The third kappa shape index (κ3) is 1.89. The maximum absolute atomic E-state index is 12.9. The van der Waals surface area contributed by atoms with Crippen molar-refractivity contribution in [2.24, 2.45) is 5.73 Å². The molecular formula is C9H12FNO2. The number of hydrogen-bond acceptors (Lipinski definition) is 3. The highest BCUT2D eigenvalue weighted by Crippen LogP contribution is 2.32. The molecule has 72 valence electrons. The average molecular weight is 185 g/mol. The zero-order chi connectivity index (χ0) is 10.2. The molecule has 4 heteroatoms. The van der Waals surface area contributed by atoms with Crippen molar-refractivity contribution in [2.75, 3.05) is 0 Å². The summed E-state index contributed by atoms with van der Waals surface area (Å²) in [6.45, 7) is 3.36. The summed E-state index contributed by atoms with van der Waals surface area (Å²) in [7, 11) is 0. The summed E-state index contributed by atoms with van der Waals surface area (Å²) in [5.41, 5.74) is 5.37. The lowest BCUT2D eigenvalue weighted by Crippen LogP contribution is -2.28. The van der Waals surface area contributed by atoms with Crippen molar-refractivity contribution in [2.45, 2.75) is 19.4 Å². The van der Waals surface area contributed by atoms with E-state index in [9.17, 15) is 4.39 Å². The molecule has 0 atom stereocenters. The lowest BCUT2D eigenvalue weighted by molar-refractivity contribution is 0.375. The molecule has 3 nitrogen and oxygen atoms in total. The van der Waals surface area contributed by atoms with E-state index in [1.165, 1.54) is 6.07 Å². The van der Waals surface area contributed by atoms with Crippen LogP contribution in [0.15, 0.2) is 12.1 Å². The van der Waals surface area contributed by atoms with Crippen LogP contribution >= 0.6 is 0 Å². The molecule has 0 aromatic heterocycles. The maximum atomic E-state index is 12.9. The maximum Gasteiger partial charge on any atom is 0.194 e. The number of benzene rings is 1. The van der Waals surface area contributed by atoms with Crippen molar-refractivity contribution >= 4 is 0 Å². The third-order valence-electron chi connectivity index (χ3n) is 1.79. The molecule has 1 rings (SSSR count). The highest BCUT2D eigenvalue weighted by atomic mass is 19.1. The quantitative estimate of drug-likeness (QED) is 0.580. The van der Waals surface area contributed by atoms with E-state index in [-0.39, 0.29) is 0 Å². The second-order valence-corrected chi connectivity index (χ2v) is 3.55. The van der Waals surface area contributed by atoms with Gasteiger partial charge in [-0.05, 0) is 31.5 Å². The van der Waals surface area contributed by atoms with Crippen LogP contribution in [-0.2, 0) is 5.54 Å². The Bertz CT molecular complexity index is 308. The monoisotopic (exact) mass is 185 g/mol. The predicted octanol–water partition coefficient (Wildman–Crippen LogP) is 1.43. The van der Waals surface area contributed by atoms with E-state index in [2.05, 4.69) is 0 Å². The van der Waals surface area contributed by atoms with E-state index in [0.29, 0.717) is 5.56 Å². The van der Waals surface area contributed by atoms with E-state index < -0.39 is 22.9 Å². The van der Waals surface area contributed by atoms with Gasteiger partial charge in [-0.15, -0.1) is 0 Å². The Balaban J connectivity index is 3.29. The van der Waals surface area contributed by atoms with E-state index in [4.69, 9.17) is 15.9 Å². The van der Waals surface area contributed by atoms with Gasteiger partial charge < -0.3 is 15.9 Å². The molecule has 0 fully saturated rings. The number of aromatic hydroxyl groups is 2. The van der Waals surface area contributed by atoms with Gasteiger partial charge in [-0.25, -0.2) is 4.39 Å². The molecule has 0 aliphatic heterocycles. The molecule has 1 aromatic rings. The second kappa shape index (κ2) is 2.88. The van der Waals surface area contributed by atoms with Crippen LogP contribution < -0.4 is 5.73 Å². The second-order valence-electron chi connectivity index (χ2n) is 3.55. The fraction of sp³-hybridized carbons (Fsp3) is 0.333. The minimum Gasteiger partial charge on any atom is -0.504 e. The molecule has 0 bridgehead atoms. The van der Waals surface area contributed by atoms with Gasteiger partial charge in [0.25, 0.3) is 0 Å². The van der Waals surface area contributed by atoms with Crippen LogP contribution in [0.1, 0.15) is 19.4 Å². The molecule has 4 N–H and O–H groups in total. The number of rotatable bonds is 1. The van der Waals surface area contributed by atoms with Crippen molar-refractivity contribution in [1.29, 1.82) is 0 Å². The molecule has 0 heterocycles. The normalized spacial score (nSPS) is 11.7. The van der Waals surface area contributed by atoms with Crippen molar-refractivity contribution in [3.05, 3.63) is 23.5 Å². The van der Waals surface area contributed by atoms with Gasteiger partial charge in [0.05, 0.1) is 0 Å². The van der Waals surface area contributed by atoms with Gasteiger partial charge in [0.15, 0.2) is 17.3 Å². The Kier molecular flexibility index (Phi) is 2.17. The van der Waals surface area contributed by atoms with Crippen molar-refractivity contribution < 1.29 is 14.6 Å². The van der Waals surface area contributed by atoms with Crippen LogP contribution in [0.3, 0.4) is 0 Å². The highest BCUT2D eigenvalue weighted by molar-refractivity contribution is 5.43. The molecule has 0 aliphatic carbocycles. The summed E-state index contributed by atoms with van der Waals surface area (Å²) in [6.07, 6.45) is 0. The van der Waals surface area contributed by atoms with Gasteiger partial charge >= 0.3 is 0 Å². The number of nitrogens with two attached hydrogens (primary N) is 1. The van der Waals surface area contributed by atoms with E-state index in [1.807, 2.05) is 0 Å². The summed E-state index contributed by atoms with van der Waals surface area (Å²) in [4.78, 5) is 0. The summed E-state index contributed by atoms with van der Waals surface area (Å²) < 4.78 is 12.9. The first-order valence-corrected chi connectivity index (χ1v) is 3.83. The summed E-state index contributed by atoms with van der Waals surface area (Å²) in [5, 5.41) is 18.0. The zero-order valence-electron chi connectivity index (χ0n) is 7.50. The van der Waals surface area contributed by atoms with Crippen molar-refractivity contribution in [3.63, 3.8) is 0 Å². The van der Waals surface area contributed by atoms with Crippen LogP contribution in [0.4, 0.5) is 4.39 Å². The number of hydrogen-bond donors (Lipinski definition) is 3. The van der Waals surface area contributed by atoms with Crippen LogP contribution in [0.2, 0.25) is 0 Å². The number of halogens is 1. The largest absolute Gasteiger partial charge is 0.504 e. The molecule has 1 aromatic carbocycles. The smallest absolute Gasteiger partial charge is 0.194 e. The molecule has 0 unspecified atom stereocenters. The van der Waals surface area contributed by atoms with Gasteiger partial charge in [0, 0.05) is 5.54 Å². The van der Waals surface area contributed by atoms with Crippen molar-refractivity contribution in [1.82, 2.24) is 0 Å². The standard InChI is InChI=1S/C9H12FNO2/c1-9(2,11)5-3-6(10)8(13)7(12)4-5/h3-4,12-13H,11H2,1-2H3. The van der Waals surface area contributed by atoms with Crippen molar-refractivity contribution in [3.8, 4) is 11.5 Å². The van der Waals surface area contributed by atoms with E-state index in [1.54, 1.807) is 13.8 Å². The average Bonchev–Trinajstić information content (AvgIpc) is 1.97. The van der Waals surface area contributed by atoms with Crippen LogP contribution in [0.25, 0.3) is 0 Å². The first-order chi connectivity index (χ1) is 5.82. The number of phenolic OH excluding ortho intramolecular Hbond substituents is 2. The first-order valence-electron chi connectivity index (χ1n) is 3.83. The van der Waals surface area contributed by atoms with Gasteiger partial charge in [-0.1, -0.05) is 0 Å². The zero-order valence-corrected chi connectivity index (χ0v) is 7.50. The van der Waals surface area contributed by atoms with Gasteiger partial charge in [-0.3, -0.25) is 0 Å². The summed E-state index contributed by atoms with van der Waals surface area (Å²) in [5.74, 6) is -2.10. The van der Waals surface area contributed by atoms with Gasteiger partial charge in [-0.2, -0.15) is 0 Å². The molecule has 0 saturated carbocycles. The SMILES string of the molecule is CC(C)(N)c1cc(O)c(O)c(F)c1. The molecule has 0 amide bonds. The molecule has 13 heavy (non-hydrogen) atoms. The lowest BCUT2D eigenvalue weighted by atomic mass is 9.95. The van der Waals surface area contributed by atoms with Gasteiger partial charge in [0.2, 0.25) is 0 Å². The van der Waals surface area contributed by atoms with Gasteiger partial charge in [0.1, 0.15) is 0 Å². The van der Waals surface area contributed by atoms with Crippen LogP contribution in [0, 0.1) is 5.82 Å². The van der Waals surface area contributed by atoms with Crippen LogP contribution in [0.5, 0.6) is 11.5 Å². The Morgan fingerprint density at radius 1 is 1.31 bits per heavy atom. The molecule has 0 spiro atoms. The van der Waals surface area contributed by atoms with E-state index >= 15 is 0 Å². The minimum atomic E-state index is -0.867. The molecule has 0 radical (unpaired) electrons. The lowest BCUT2D eigenvalue weighted by Gasteiger charge is -2.19. The fourth-order valence-corrected chi connectivity index (χ4v) is 0.957. The van der Waals surface area contributed by atoms with E-state index in [0.717, 1.165) is 6.07 Å². The summed E-state index contributed by atoms with van der Waals surface area (Å²) >= 11 is 0. The van der Waals surface area contributed by atoms with Crippen LogP contribution in [-0.4, -0.2) is 10.2 Å².